The lowest BCUT2D eigenvalue weighted by atomic mass is 10.1. The molecule has 19 heavy (non-hydrogen) atoms. The summed E-state index contributed by atoms with van der Waals surface area (Å²) in [5, 5.41) is 2.85. The van der Waals surface area contributed by atoms with E-state index in [1.807, 2.05) is 6.92 Å². The number of benzene rings is 1. The van der Waals surface area contributed by atoms with Crippen LogP contribution >= 0.6 is 0 Å². The lowest BCUT2D eigenvalue weighted by Gasteiger charge is -2.22. The molecule has 1 unspecified atom stereocenters. The molecule has 1 N–H and O–H groups in total. The Morgan fingerprint density at radius 3 is 3.05 bits per heavy atom. The highest BCUT2D eigenvalue weighted by Crippen LogP contribution is 2.16. The highest BCUT2D eigenvalue weighted by Gasteiger charge is 2.23. The standard InChI is InChI=1S/C15H21FN2O/c1-3-18-8-4-5-12(18)10-17-15(19)13-9-11(2)6-7-14(13)16/h6-7,9,12H,3-5,8,10H2,1-2H3,(H,17,19). The van der Waals surface area contributed by atoms with E-state index in [1.165, 1.54) is 12.5 Å². The number of carbonyl (C=O) groups is 1. The summed E-state index contributed by atoms with van der Waals surface area (Å²) in [6.45, 7) is 6.67. The van der Waals surface area contributed by atoms with Crippen molar-refractivity contribution in [3.05, 3.63) is 35.1 Å². The number of halogens is 1. The van der Waals surface area contributed by atoms with Gasteiger partial charge in [0.1, 0.15) is 5.82 Å². The number of rotatable bonds is 4. The number of nitrogens with one attached hydrogen (secondary N) is 1. The minimum atomic E-state index is -0.457. The molecule has 0 saturated carbocycles. The van der Waals surface area contributed by atoms with Crippen molar-refractivity contribution in [2.45, 2.75) is 32.7 Å². The number of aryl methyl sites for hydroxylation is 1. The van der Waals surface area contributed by atoms with Gasteiger partial charge in [-0.25, -0.2) is 4.39 Å². The van der Waals surface area contributed by atoms with E-state index in [-0.39, 0.29) is 11.5 Å². The molecule has 0 radical (unpaired) electrons. The van der Waals surface area contributed by atoms with Gasteiger partial charge in [0.25, 0.3) is 5.91 Å². The molecule has 1 aliphatic rings. The largest absolute Gasteiger partial charge is 0.350 e. The third-order valence-electron chi connectivity index (χ3n) is 3.77. The molecular formula is C15H21FN2O. The van der Waals surface area contributed by atoms with Crippen LogP contribution in [0.4, 0.5) is 4.39 Å². The Labute approximate surface area is 113 Å². The molecule has 3 nitrogen and oxygen atoms in total. The zero-order chi connectivity index (χ0) is 13.8. The third-order valence-corrected chi connectivity index (χ3v) is 3.77. The third kappa shape index (κ3) is 3.32. The molecule has 1 heterocycles. The van der Waals surface area contributed by atoms with Gasteiger partial charge in [0.2, 0.25) is 0 Å². The summed E-state index contributed by atoms with van der Waals surface area (Å²) >= 11 is 0. The number of hydrogen-bond acceptors (Lipinski definition) is 2. The molecule has 1 saturated heterocycles. The van der Waals surface area contributed by atoms with Crippen LogP contribution in [0.5, 0.6) is 0 Å². The fourth-order valence-electron chi connectivity index (χ4n) is 2.66. The van der Waals surface area contributed by atoms with Gasteiger partial charge in [-0.05, 0) is 45.0 Å². The van der Waals surface area contributed by atoms with Crippen LogP contribution in [0.3, 0.4) is 0 Å². The highest BCUT2D eigenvalue weighted by molar-refractivity contribution is 5.94. The molecule has 1 atom stereocenters. The van der Waals surface area contributed by atoms with Gasteiger partial charge in [-0.2, -0.15) is 0 Å². The van der Waals surface area contributed by atoms with Gasteiger partial charge in [0, 0.05) is 12.6 Å². The van der Waals surface area contributed by atoms with Gasteiger partial charge < -0.3 is 5.32 Å². The zero-order valence-corrected chi connectivity index (χ0v) is 11.6. The van der Waals surface area contributed by atoms with E-state index in [9.17, 15) is 9.18 Å². The van der Waals surface area contributed by atoms with Crippen molar-refractivity contribution in [3.63, 3.8) is 0 Å². The lowest BCUT2D eigenvalue weighted by molar-refractivity contribution is 0.0937. The SMILES string of the molecule is CCN1CCCC1CNC(=O)c1cc(C)ccc1F. The van der Waals surface area contributed by atoms with Crippen LogP contribution in [0.25, 0.3) is 0 Å². The maximum atomic E-state index is 13.6. The van der Waals surface area contributed by atoms with Crippen LogP contribution in [0.15, 0.2) is 18.2 Å². The van der Waals surface area contributed by atoms with E-state index >= 15 is 0 Å². The summed E-state index contributed by atoms with van der Waals surface area (Å²) in [5.74, 6) is -0.772. The van der Waals surface area contributed by atoms with Crippen LogP contribution < -0.4 is 5.32 Å². The van der Waals surface area contributed by atoms with E-state index < -0.39 is 5.82 Å². The summed E-state index contributed by atoms with van der Waals surface area (Å²) in [5.41, 5.74) is 1.03. The van der Waals surface area contributed by atoms with Crippen molar-refractivity contribution in [2.75, 3.05) is 19.6 Å². The first-order valence-electron chi connectivity index (χ1n) is 6.90. The first-order valence-corrected chi connectivity index (χ1v) is 6.90. The predicted octanol–water partition coefficient (Wildman–Crippen LogP) is 2.35. The lowest BCUT2D eigenvalue weighted by Crippen LogP contribution is -2.40. The van der Waals surface area contributed by atoms with E-state index in [0.29, 0.717) is 12.6 Å². The van der Waals surface area contributed by atoms with E-state index in [0.717, 1.165) is 25.1 Å². The molecule has 0 aliphatic carbocycles. The van der Waals surface area contributed by atoms with Crippen LogP contribution in [-0.4, -0.2) is 36.5 Å². The molecule has 1 aliphatic heterocycles. The first kappa shape index (κ1) is 14.0. The molecule has 1 fully saturated rings. The summed E-state index contributed by atoms with van der Waals surface area (Å²) < 4.78 is 13.6. The van der Waals surface area contributed by atoms with Gasteiger partial charge in [-0.1, -0.05) is 18.6 Å². The summed E-state index contributed by atoms with van der Waals surface area (Å²) in [7, 11) is 0. The summed E-state index contributed by atoms with van der Waals surface area (Å²) in [6.07, 6.45) is 2.28. The quantitative estimate of drug-likeness (QED) is 0.905. The maximum absolute atomic E-state index is 13.6. The molecule has 2 rings (SSSR count). The Morgan fingerprint density at radius 1 is 1.53 bits per heavy atom. The molecule has 1 aromatic carbocycles. The van der Waals surface area contributed by atoms with Crippen LogP contribution in [0, 0.1) is 12.7 Å². The topological polar surface area (TPSA) is 32.3 Å². The predicted molar refractivity (Wildman–Crippen MR) is 73.7 cm³/mol. The van der Waals surface area contributed by atoms with Gasteiger partial charge in [-0.15, -0.1) is 0 Å². The number of amides is 1. The van der Waals surface area contributed by atoms with Gasteiger partial charge in [-0.3, -0.25) is 9.69 Å². The van der Waals surface area contributed by atoms with Crippen LogP contribution in [0.1, 0.15) is 35.7 Å². The number of likely N-dealkylation sites (N-methyl/N-ethyl adjacent to an activating group) is 1. The second kappa shape index (κ2) is 6.15. The molecule has 0 aromatic heterocycles. The van der Waals surface area contributed by atoms with Crippen LogP contribution in [-0.2, 0) is 0 Å². The number of likely N-dealkylation sites (tertiary alicyclic amines) is 1. The Kier molecular flexibility index (Phi) is 4.53. The summed E-state index contributed by atoms with van der Waals surface area (Å²) in [6, 6.07) is 5.00. The average molecular weight is 264 g/mol. The van der Waals surface area contributed by atoms with E-state index in [1.54, 1.807) is 12.1 Å². The Balaban J connectivity index is 1.96. The molecular weight excluding hydrogens is 243 g/mol. The van der Waals surface area contributed by atoms with Crippen molar-refractivity contribution in [3.8, 4) is 0 Å². The molecule has 1 amide bonds. The first-order chi connectivity index (χ1) is 9.11. The molecule has 0 spiro atoms. The molecule has 0 bridgehead atoms. The van der Waals surface area contributed by atoms with Crippen molar-refractivity contribution in [2.24, 2.45) is 0 Å². The minimum Gasteiger partial charge on any atom is -0.350 e. The fraction of sp³-hybridized carbons (Fsp3) is 0.533. The highest BCUT2D eigenvalue weighted by atomic mass is 19.1. The smallest absolute Gasteiger partial charge is 0.254 e. The minimum absolute atomic E-state index is 0.140. The monoisotopic (exact) mass is 264 g/mol. The molecule has 1 aromatic rings. The number of nitrogens with zero attached hydrogens (tertiary/aromatic N) is 1. The Morgan fingerprint density at radius 2 is 2.32 bits per heavy atom. The normalized spacial score (nSPS) is 19.6. The Bertz CT molecular complexity index is 461. The second-order valence-electron chi connectivity index (χ2n) is 5.12. The van der Waals surface area contributed by atoms with Gasteiger partial charge in [0.15, 0.2) is 0 Å². The van der Waals surface area contributed by atoms with E-state index in [4.69, 9.17) is 0 Å². The maximum Gasteiger partial charge on any atom is 0.254 e. The second-order valence-corrected chi connectivity index (χ2v) is 5.12. The number of carbonyl (C=O) groups excluding carboxylic acids is 1. The van der Waals surface area contributed by atoms with Gasteiger partial charge in [0.05, 0.1) is 5.56 Å². The number of hydrogen-bond donors (Lipinski definition) is 1. The molecule has 4 heteroatoms. The van der Waals surface area contributed by atoms with Crippen molar-refractivity contribution >= 4 is 5.91 Å². The van der Waals surface area contributed by atoms with Crippen LogP contribution in [0.2, 0.25) is 0 Å². The van der Waals surface area contributed by atoms with E-state index in [2.05, 4.69) is 17.1 Å². The van der Waals surface area contributed by atoms with Crippen molar-refractivity contribution < 1.29 is 9.18 Å². The summed E-state index contributed by atoms with van der Waals surface area (Å²) in [4.78, 5) is 14.4. The fourth-order valence-corrected chi connectivity index (χ4v) is 2.66. The van der Waals surface area contributed by atoms with Gasteiger partial charge >= 0.3 is 0 Å². The average Bonchev–Trinajstić information content (AvgIpc) is 2.86. The van der Waals surface area contributed by atoms with Crippen molar-refractivity contribution in [1.82, 2.24) is 10.2 Å². The van der Waals surface area contributed by atoms with Crippen molar-refractivity contribution in [1.29, 1.82) is 0 Å². The zero-order valence-electron chi connectivity index (χ0n) is 11.6. The molecule has 104 valence electrons. The Hall–Kier alpha value is -1.42.